The average molecular weight is 211 g/mol. The summed E-state index contributed by atoms with van der Waals surface area (Å²) in [7, 11) is 0. The van der Waals surface area contributed by atoms with Crippen LogP contribution < -0.4 is 0 Å². The second-order valence-corrected chi connectivity index (χ2v) is 5.06. The molecule has 0 aromatic carbocycles. The third-order valence-corrected chi connectivity index (χ3v) is 3.42. The highest BCUT2D eigenvalue weighted by atomic mass is 16.4. The lowest BCUT2D eigenvalue weighted by atomic mass is 10.1. The Morgan fingerprint density at radius 1 is 1.40 bits per heavy atom. The van der Waals surface area contributed by atoms with Gasteiger partial charge in [-0.25, -0.2) is 0 Å². The Bertz CT molecular complexity index is 234. The molecule has 3 heteroatoms. The summed E-state index contributed by atoms with van der Waals surface area (Å²) in [5.41, 5.74) is 0. The summed E-state index contributed by atoms with van der Waals surface area (Å²) in [6.45, 7) is 4.09. The van der Waals surface area contributed by atoms with Gasteiger partial charge >= 0.3 is 5.97 Å². The van der Waals surface area contributed by atoms with E-state index in [9.17, 15) is 9.90 Å². The maximum Gasteiger partial charge on any atom is 0.321 e. The van der Waals surface area contributed by atoms with E-state index in [1.54, 1.807) is 0 Å². The first kappa shape index (κ1) is 10.9. The van der Waals surface area contributed by atoms with Gasteiger partial charge in [0, 0.05) is 6.54 Å². The van der Waals surface area contributed by atoms with E-state index < -0.39 is 5.97 Å². The number of carboxylic acid groups (broad SMARTS) is 1. The zero-order chi connectivity index (χ0) is 10.8. The first-order chi connectivity index (χ1) is 7.22. The molecule has 3 nitrogen and oxygen atoms in total. The second kappa shape index (κ2) is 4.52. The fraction of sp³-hybridized carbons (Fsp3) is 0.917. The highest BCUT2D eigenvalue weighted by Gasteiger charge is 2.41. The maximum absolute atomic E-state index is 11.3. The van der Waals surface area contributed by atoms with Gasteiger partial charge in [-0.15, -0.1) is 0 Å². The van der Waals surface area contributed by atoms with Crippen molar-refractivity contribution in [1.82, 2.24) is 4.90 Å². The van der Waals surface area contributed by atoms with Crippen molar-refractivity contribution >= 4 is 5.97 Å². The lowest BCUT2D eigenvalue weighted by molar-refractivity contribution is -0.144. The standard InChI is InChI=1S/C12H21NO2/c1-2-7-13(8-9-3-4-9)11(12(14)15)10-5-6-10/h9-11H,2-8H2,1H3,(H,14,15). The molecular formula is C12H21NO2. The van der Waals surface area contributed by atoms with Crippen molar-refractivity contribution in [3.05, 3.63) is 0 Å². The van der Waals surface area contributed by atoms with Gasteiger partial charge in [0.1, 0.15) is 6.04 Å². The maximum atomic E-state index is 11.3. The fourth-order valence-electron chi connectivity index (χ4n) is 2.33. The third kappa shape index (κ3) is 2.94. The molecule has 2 aliphatic rings. The summed E-state index contributed by atoms with van der Waals surface area (Å²) in [5, 5.41) is 9.27. The Morgan fingerprint density at radius 3 is 2.47 bits per heavy atom. The van der Waals surface area contributed by atoms with Crippen LogP contribution >= 0.6 is 0 Å². The summed E-state index contributed by atoms with van der Waals surface area (Å²) >= 11 is 0. The van der Waals surface area contributed by atoms with Crippen LogP contribution in [0.15, 0.2) is 0 Å². The number of hydrogen-bond donors (Lipinski definition) is 1. The summed E-state index contributed by atoms with van der Waals surface area (Å²) < 4.78 is 0. The molecule has 1 N–H and O–H groups in total. The molecule has 86 valence electrons. The predicted octanol–water partition coefficient (Wildman–Crippen LogP) is 1.97. The number of carbonyl (C=O) groups is 1. The van der Waals surface area contributed by atoms with Crippen molar-refractivity contribution in [3.8, 4) is 0 Å². The van der Waals surface area contributed by atoms with Crippen LogP contribution in [0, 0.1) is 11.8 Å². The van der Waals surface area contributed by atoms with Gasteiger partial charge < -0.3 is 5.11 Å². The molecule has 0 radical (unpaired) electrons. The SMILES string of the molecule is CCCN(CC1CC1)C(C(=O)O)C1CC1. The van der Waals surface area contributed by atoms with E-state index in [4.69, 9.17) is 0 Å². The molecule has 15 heavy (non-hydrogen) atoms. The monoisotopic (exact) mass is 211 g/mol. The molecule has 0 heterocycles. The highest BCUT2D eigenvalue weighted by molar-refractivity contribution is 5.74. The fourth-order valence-corrected chi connectivity index (χ4v) is 2.33. The Labute approximate surface area is 91.5 Å². The zero-order valence-corrected chi connectivity index (χ0v) is 9.48. The smallest absolute Gasteiger partial charge is 0.321 e. The van der Waals surface area contributed by atoms with Crippen molar-refractivity contribution < 1.29 is 9.90 Å². The molecule has 0 saturated heterocycles. The van der Waals surface area contributed by atoms with E-state index >= 15 is 0 Å². The quantitative estimate of drug-likeness (QED) is 0.700. The van der Waals surface area contributed by atoms with Crippen molar-refractivity contribution in [1.29, 1.82) is 0 Å². The van der Waals surface area contributed by atoms with Crippen molar-refractivity contribution in [3.63, 3.8) is 0 Å². The zero-order valence-electron chi connectivity index (χ0n) is 9.48. The summed E-state index contributed by atoms with van der Waals surface area (Å²) in [5.74, 6) is 0.622. The van der Waals surface area contributed by atoms with Gasteiger partial charge in [0.2, 0.25) is 0 Å². The van der Waals surface area contributed by atoms with Gasteiger partial charge in [-0.2, -0.15) is 0 Å². The molecule has 0 amide bonds. The Kier molecular flexibility index (Phi) is 3.29. The number of carboxylic acids is 1. The molecule has 0 spiro atoms. The predicted molar refractivity (Wildman–Crippen MR) is 58.7 cm³/mol. The molecule has 1 unspecified atom stereocenters. The van der Waals surface area contributed by atoms with Crippen LogP contribution in [0.25, 0.3) is 0 Å². The van der Waals surface area contributed by atoms with E-state index in [0.29, 0.717) is 5.92 Å². The molecule has 2 aliphatic carbocycles. The molecule has 2 fully saturated rings. The first-order valence-electron chi connectivity index (χ1n) is 6.19. The third-order valence-electron chi connectivity index (χ3n) is 3.42. The molecule has 0 aromatic rings. The Hall–Kier alpha value is -0.570. The van der Waals surface area contributed by atoms with Crippen LogP contribution in [0.3, 0.4) is 0 Å². The van der Waals surface area contributed by atoms with Crippen LogP contribution in [-0.2, 0) is 4.79 Å². The molecule has 1 atom stereocenters. The molecule has 2 saturated carbocycles. The van der Waals surface area contributed by atoms with Gasteiger partial charge in [0.15, 0.2) is 0 Å². The average Bonchev–Trinajstić information content (AvgIpc) is 2.96. The molecule has 2 rings (SSSR count). The number of nitrogens with zero attached hydrogens (tertiary/aromatic N) is 1. The molecule has 0 aliphatic heterocycles. The van der Waals surface area contributed by atoms with Gasteiger partial charge in [-0.05, 0) is 50.5 Å². The highest BCUT2D eigenvalue weighted by Crippen LogP contribution is 2.38. The lowest BCUT2D eigenvalue weighted by Gasteiger charge is -2.28. The first-order valence-corrected chi connectivity index (χ1v) is 6.19. The largest absolute Gasteiger partial charge is 0.480 e. The van der Waals surface area contributed by atoms with Gasteiger partial charge in [0.05, 0.1) is 0 Å². The number of hydrogen-bond acceptors (Lipinski definition) is 2. The van der Waals surface area contributed by atoms with Gasteiger partial charge in [-0.1, -0.05) is 6.92 Å². The van der Waals surface area contributed by atoms with Crippen LogP contribution in [0.2, 0.25) is 0 Å². The second-order valence-electron chi connectivity index (χ2n) is 5.06. The minimum atomic E-state index is -0.605. The summed E-state index contributed by atoms with van der Waals surface area (Å²) in [6.07, 6.45) is 5.89. The van der Waals surface area contributed by atoms with Gasteiger partial charge in [-0.3, -0.25) is 9.69 Å². The normalized spacial score (nSPS) is 23.1. The lowest BCUT2D eigenvalue weighted by Crippen LogP contribution is -2.44. The van der Waals surface area contributed by atoms with E-state index in [1.807, 2.05) is 0 Å². The van der Waals surface area contributed by atoms with E-state index in [1.165, 1.54) is 12.8 Å². The molecular weight excluding hydrogens is 190 g/mol. The van der Waals surface area contributed by atoms with Gasteiger partial charge in [0.25, 0.3) is 0 Å². The van der Waals surface area contributed by atoms with E-state index in [-0.39, 0.29) is 6.04 Å². The summed E-state index contributed by atoms with van der Waals surface area (Å²) in [4.78, 5) is 13.5. The van der Waals surface area contributed by atoms with Crippen LogP contribution in [0.4, 0.5) is 0 Å². The Morgan fingerprint density at radius 2 is 2.07 bits per heavy atom. The van der Waals surface area contributed by atoms with Crippen molar-refractivity contribution in [2.45, 2.75) is 45.1 Å². The van der Waals surface area contributed by atoms with Crippen LogP contribution in [-0.4, -0.2) is 35.1 Å². The minimum Gasteiger partial charge on any atom is -0.480 e. The number of aliphatic carboxylic acids is 1. The number of rotatable bonds is 7. The van der Waals surface area contributed by atoms with Crippen LogP contribution in [0.5, 0.6) is 0 Å². The van der Waals surface area contributed by atoms with Crippen molar-refractivity contribution in [2.75, 3.05) is 13.1 Å². The summed E-state index contributed by atoms with van der Waals surface area (Å²) in [6, 6.07) is -0.189. The van der Waals surface area contributed by atoms with Crippen molar-refractivity contribution in [2.24, 2.45) is 11.8 Å². The minimum absolute atomic E-state index is 0.189. The topological polar surface area (TPSA) is 40.5 Å². The molecule has 0 aromatic heterocycles. The van der Waals surface area contributed by atoms with Crippen LogP contribution in [0.1, 0.15) is 39.0 Å². The Balaban J connectivity index is 1.94. The van der Waals surface area contributed by atoms with E-state index in [0.717, 1.165) is 38.3 Å². The van der Waals surface area contributed by atoms with E-state index in [2.05, 4.69) is 11.8 Å². The molecule has 0 bridgehead atoms.